The van der Waals surface area contributed by atoms with Gasteiger partial charge in [-0.05, 0) is 43.2 Å². The molecule has 0 saturated carbocycles. The molecule has 0 saturated heterocycles. The van der Waals surface area contributed by atoms with E-state index in [-0.39, 0.29) is 18.0 Å². The van der Waals surface area contributed by atoms with E-state index in [0.29, 0.717) is 26.2 Å². The maximum atomic E-state index is 13.6. The fraction of sp³-hybridized carbons (Fsp3) is 0.174. The lowest BCUT2D eigenvalue weighted by Gasteiger charge is -2.24. The molecule has 2 aromatic carbocycles. The standard InChI is InChI=1S/C23H19FN2O3S/c1-3-29-22(28)19-14(2)25-23-26(20(19)16-9-5-4-6-10-16)21(27)18(30-23)13-15-8-7-11-17(24)12-15/h4-13,20H,3H2,1-2H3/b18-13+. The summed E-state index contributed by atoms with van der Waals surface area (Å²) in [6.07, 6.45) is 1.64. The fourth-order valence-electron chi connectivity index (χ4n) is 3.49. The molecule has 7 heteroatoms. The van der Waals surface area contributed by atoms with Crippen molar-refractivity contribution in [2.24, 2.45) is 4.99 Å². The summed E-state index contributed by atoms with van der Waals surface area (Å²) >= 11 is 1.21. The van der Waals surface area contributed by atoms with E-state index in [2.05, 4.69) is 4.99 Å². The van der Waals surface area contributed by atoms with Gasteiger partial charge in [0.05, 0.1) is 28.5 Å². The topological polar surface area (TPSA) is 60.7 Å². The zero-order chi connectivity index (χ0) is 21.3. The molecule has 5 nitrogen and oxygen atoms in total. The average molecular weight is 422 g/mol. The second-order valence-corrected chi connectivity index (χ2v) is 7.78. The number of nitrogens with zero attached hydrogens (tertiary/aromatic N) is 2. The van der Waals surface area contributed by atoms with E-state index < -0.39 is 12.0 Å². The monoisotopic (exact) mass is 422 g/mol. The zero-order valence-electron chi connectivity index (χ0n) is 16.5. The van der Waals surface area contributed by atoms with Gasteiger partial charge >= 0.3 is 5.97 Å². The second kappa shape index (κ2) is 8.20. The van der Waals surface area contributed by atoms with Gasteiger partial charge in [0.1, 0.15) is 5.82 Å². The third-order valence-corrected chi connectivity index (χ3v) is 5.76. The maximum absolute atomic E-state index is 13.6. The number of hydrogen-bond acceptors (Lipinski definition) is 5. The number of allylic oxidation sites excluding steroid dienone is 1. The molecule has 2 heterocycles. The molecule has 152 valence electrons. The van der Waals surface area contributed by atoms with Crippen molar-refractivity contribution in [1.29, 1.82) is 0 Å². The van der Waals surface area contributed by atoms with Crippen molar-refractivity contribution < 1.29 is 13.9 Å². The SMILES string of the molecule is CCOC(=O)C1=C(C)N=c2s/c(=C/c3cccc(F)c3)c(=O)n2C1c1ccccc1. The lowest BCUT2D eigenvalue weighted by Crippen LogP contribution is -2.39. The number of fused-ring (bicyclic) bond motifs is 1. The Morgan fingerprint density at radius 3 is 2.70 bits per heavy atom. The molecule has 0 N–H and O–H groups in total. The number of halogens is 1. The molecule has 0 bridgehead atoms. The Morgan fingerprint density at radius 2 is 2.00 bits per heavy atom. The number of carbonyl (C=O) groups is 1. The zero-order valence-corrected chi connectivity index (χ0v) is 17.3. The summed E-state index contributed by atoms with van der Waals surface area (Å²) in [6, 6.07) is 14.7. The van der Waals surface area contributed by atoms with Crippen LogP contribution in [0.3, 0.4) is 0 Å². The lowest BCUT2D eigenvalue weighted by atomic mass is 9.96. The molecule has 0 spiro atoms. The number of rotatable bonds is 4. The molecular formula is C23H19FN2O3S. The summed E-state index contributed by atoms with van der Waals surface area (Å²) in [5, 5.41) is 0. The third kappa shape index (κ3) is 3.64. The molecule has 1 aliphatic rings. The molecule has 0 amide bonds. The van der Waals surface area contributed by atoms with E-state index in [0.717, 1.165) is 5.56 Å². The second-order valence-electron chi connectivity index (χ2n) is 6.77. The van der Waals surface area contributed by atoms with Gasteiger partial charge in [-0.1, -0.05) is 53.8 Å². The molecule has 1 aromatic heterocycles. The van der Waals surface area contributed by atoms with E-state index in [1.54, 1.807) is 32.1 Å². The molecule has 1 atom stereocenters. The molecule has 4 rings (SSSR count). The number of hydrogen-bond donors (Lipinski definition) is 0. The highest BCUT2D eigenvalue weighted by Gasteiger charge is 2.33. The van der Waals surface area contributed by atoms with Crippen molar-refractivity contribution in [2.45, 2.75) is 19.9 Å². The fourth-order valence-corrected chi connectivity index (χ4v) is 4.54. The van der Waals surface area contributed by atoms with Crippen LogP contribution in [0.5, 0.6) is 0 Å². The average Bonchev–Trinajstić information content (AvgIpc) is 3.02. The molecule has 1 unspecified atom stereocenters. The number of benzene rings is 2. The van der Waals surface area contributed by atoms with Gasteiger partial charge < -0.3 is 4.74 Å². The first kappa shape index (κ1) is 20.0. The van der Waals surface area contributed by atoms with E-state index in [9.17, 15) is 14.0 Å². The largest absolute Gasteiger partial charge is 0.463 e. The Morgan fingerprint density at radius 1 is 1.23 bits per heavy atom. The van der Waals surface area contributed by atoms with Crippen LogP contribution in [0, 0.1) is 5.82 Å². The van der Waals surface area contributed by atoms with Gasteiger partial charge in [0.25, 0.3) is 5.56 Å². The molecule has 0 radical (unpaired) electrons. The molecule has 1 aliphatic heterocycles. The Kier molecular flexibility index (Phi) is 5.46. The number of carbonyl (C=O) groups excluding carboxylic acids is 1. The molecule has 3 aromatic rings. The van der Waals surface area contributed by atoms with Crippen LogP contribution >= 0.6 is 11.3 Å². The molecule has 0 aliphatic carbocycles. The summed E-state index contributed by atoms with van der Waals surface area (Å²) in [7, 11) is 0. The minimum absolute atomic E-state index is 0.223. The summed E-state index contributed by atoms with van der Waals surface area (Å²) in [6.45, 7) is 3.70. The summed E-state index contributed by atoms with van der Waals surface area (Å²) in [5.41, 5.74) is 1.94. The van der Waals surface area contributed by atoms with Gasteiger partial charge in [0.15, 0.2) is 4.80 Å². The lowest BCUT2D eigenvalue weighted by molar-refractivity contribution is -0.139. The van der Waals surface area contributed by atoms with Crippen LogP contribution in [-0.2, 0) is 9.53 Å². The first-order chi connectivity index (χ1) is 14.5. The van der Waals surface area contributed by atoms with Crippen molar-refractivity contribution >= 4 is 23.4 Å². The van der Waals surface area contributed by atoms with Crippen molar-refractivity contribution in [1.82, 2.24) is 4.57 Å². The Bertz CT molecular complexity index is 1320. The number of ether oxygens (including phenoxy) is 1. The van der Waals surface area contributed by atoms with E-state index in [1.165, 1.54) is 28.0 Å². The van der Waals surface area contributed by atoms with Crippen LogP contribution < -0.4 is 14.9 Å². The van der Waals surface area contributed by atoms with Gasteiger partial charge in [0.2, 0.25) is 0 Å². The van der Waals surface area contributed by atoms with Crippen LogP contribution in [0.15, 0.2) is 75.7 Å². The summed E-state index contributed by atoms with van der Waals surface area (Å²) < 4.78 is 20.8. The smallest absolute Gasteiger partial charge is 0.338 e. The van der Waals surface area contributed by atoms with Gasteiger partial charge in [-0.25, -0.2) is 14.2 Å². The van der Waals surface area contributed by atoms with Crippen LogP contribution in [0.2, 0.25) is 0 Å². The number of thiazole rings is 1. The summed E-state index contributed by atoms with van der Waals surface area (Å²) in [4.78, 5) is 31.1. The van der Waals surface area contributed by atoms with Gasteiger partial charge in [-0.2, -0.15) is 0 Å². The van der Waals surface area contributed by atoms with Crippen LogP contribution in [-0.4, -0.2) is 17.1 Å². The highest BCUT2D eigenvalue weighted by molar-refractivity contribution is 7.07. The van der Waals surface area contributed by atoms with Crippen LogP contribution in [0.4, 0.5) is 4.39 Å². The Hall–Kier alpha value is -3.32. The number of aromatic nitrogens is 1. The van der Waals surface area contributed by atoms with E-state index in [4.69, 9.17) is 4.74 Å². The van der Waals surface area contributed by atoms with Crippen molar-refractivity contribution in [3.05, 3.63) is 102 Å². The van der Waals surface area contributed by atoms with Crippen LogP contribution in [0.25, 0.3) is 6.08 Å². The van der Waals surface area contributed by atoms with Crippen molar-refractivity contribution in [2.75, 3.05) is 6.61 Å². The first-order valence-corrected chi connectivity index (χ1v) is 10.3. The summed E-state index contributed by atoms with van der Waals surface area (Å²) in [5.74, 6) is -0.869. The van der Waals surface area contributed by atoms with Crippen LogP contribution in [0.1, 0.15) is 31.0 Å². The predicted octanol–water partition coefficient (Wildman–Crippen LogP) is 2.94. The van der Waals surface area contributed by atoms with E-state index >= 15 is 0 Å². The highest BCUT2D eigenvalue weighted by atomic mass is 32.1. The van der Waals surface area contributed by atoms with Gasteiger partial charge in [-0.3, -0.25) is 9.36 Å². The predicted molar refractivity (Wildman–Crippen MR) is 113 cm³/mol. The normalized spacial score (nSPS) is 16.2. The maximum Gasteiger partial charge on any atom is 0.338 e. The van der Waals surface area contributed by atoms with Gasteiger partial charge in [-0.15, -0.1) is 0 Å². The molecule has 30 heavy (non-hydrogen) atoms. The quantitative estimate of drug-likeness (QED) is 0.608. The number of esters is 1. The van der Waals surface area contributed by atoms with E-state index in [1.807, 2.05) is 30.3 Å². The highest BCUT2D eigenvalue weighted by Crippen LogP contribution is 2.30. The van der Waals surface area contributed by atoms with Crippen molar-refractivity contribution in [3.63, 3.8) is 0 Å². The minimum atomic E-state index is -0.642. The molecular weight excluding hydrogens is 403 g/mol. The Balaban J connectivity index is 1.96. The molecule has 0 fully saturated rings. The minimum Gasteiger partial charge on any atom is -0.463 e. The first-order valence-electron chi connectivity index (χ1n) is 9.49. The van der Waals surface area contributed by atoms with Gasteiger partial charge in [0, 0.05) is 0 Å². The van der Waals surface area contributed by atoms with Crippen molar-refractivity contribution in [3.8, 4) is 0 Å². The third-order valence-electron chi connectivity index (χ3n) is 4.78. The Labute approximate surface area is 176 Å².